The number of aromatic amines is 1. The molecule has 1 N–H and O–H groups in total. The van der Waals surface area contributed by atoms with E-state index in [0.717, 1.165) is 54.5 Å². The Hall–Kier alpha value is -2.54. The fourth-order valence-corrected chi connectivity index (χ4v) is 4.15. The van der Waals surface area contributed by atoms with Crippen LogP contribution in [0.3, 0.4) is 0 Å². The van der Waals surface area contributed by atoms with Crippen LogP contribution in [0, 0.1) is 0 Å². The van der Waals surface area contributed by atoms with Gasteiger partial charge in [-0.15, -0.1) is 0 Å². The summed E-state index contributed by atoms with van der Waals surface area (Å²) in [6, 6.07) is 15.7. The van der Waals surface area contributed by atoms with Gasteiger partial charge in [0.15, 0.2) is 0 Å². The average molecular weight is 442 g/mol. The molecule has 2 aromatic carbocycles. The second-order valence-corrected chi connectivity index (χ2v) is 8.30. The Morgan fingerprint density at radius 2 is 1.94 bits per heavy atom. The van der Waals surface area contributed by atoms with Crippen molar-refractivity contribution in [1.82, 2.24) is 15.1 Å². The molecule has 0 radical (unpaired) electrons. The quantitative estimate of drug-likeness (QED) is 0.517. The molecular weight excluding hydrogens is 414 g/mol. The maximum Gasteiger partial charge on any atom is 0.130 e. The Labute approximate surface area is 188 Å². The van der Waals surface area contributed by atoms with Crippen molar-refractivity contribution in [2.45, 2.75) is 32.1 Å². The van der Waals surface area contributed by atoms with Gasteiger partial charge in [-0.2, -0.15) is 5.10 Å². The number of nitrogens with zero attached hydrogens (tertiary/aromatic N) is 2. The minimum Gasteiger partial charge on any atom is -0.496 e. The fraction of sp³-hybridized carbons (Fsp3) is 0.375. The van der Waals surface area contributed by atoms with Gasteiger partial charge < -0.3 is 14.2 Å². The number of halogens is 1. The summed E-state index contributed by atoms with van der Waals surface area (Å²) in [5, 5.41) is 8.36. The van der Waals surface area contributed by atoms with Gasteiger partial charge in [0.25, 0.3) is 0 Å². The number of hydrogen-bond acceptors (Lipinski definition) is 5. The molecule has 0 unspecified atom stereocenters. The molecule has 3 aromatic rings. The number of methoxy groups -OCH3 is 2. The predicted molar refractivity (Wildman–Crippen MR) is 121 cm³/mol. The minimum atomic E-state index is 0.411. The first kappa shape index (κ1) is 21.7. The Kier molecular flexibility index (Phi) is 7.12. The lowest BCUT2D eigenvalue weighted by molar-refractivity contribution is 0.184. The number of benzene rings is 2. The Balaban J connectivity index is 1.34. The van der Waals surface area contributed by atoms with Crippen molar-refractivity contribution in [2.24, 2.45) is 0 Å². The lowest BCUT2D eigenvalue weighted by Gasteiger charge is -2.18. The van der Waals surface area contributed by atoms with Crippen LogP contribution in [-0.4, -0.2) is 42.4 Å². The molecule has 0 saturated carbocycles. The van der Waals surface area contributed by atoms with E-state index in [2.05, 4.69) is 33.3 Å². The molecule has 4 rings (SSSR count). The largest absolute Gasteiger partial charge is 0.496 e. The van der Waals surface area contributed by atoms with Gasteiger partial charge in [-0.3, -0.25) is 10.00 Å². The summed E-state index contributed by atoms with van der Waals surface area (Å²) < 4.78 is 16.7. The van der Waals surface area contributed by atoms with Crippen molar-refractivity contribution in [2.75, 3.05) is 27.3 Å². The lowest BCUT2D eigenvalue weighted by Crippen LogP contribution is -2.20. The Bertz CT molecular complexity index is 990. The number of H-pyrrole nitrogens is 1. The van der Waals surface area contributed by atoms with Gasteiger partial charge in [0.1, 0.15) is 18.1 Å². The van der Waals surface area contributed by atoms with E-state index in [9.17, 15) is 0 Å². The fourth-order valence-electron chi connectivity index (χ4n) is 4.02. The van der Waals surface area contributed by atoms with E-state index in [4.69, 9.17) is 25.8 Å². The zero-order valence-corrected chi connectivity index (χ0v) is 18.7. The molecule has 1 aliphatic rings. The van der Waals surface area contributed by atoms with Crippen LogP contribution in [-0.2, 0) is 24.5 Å². The highest BCUT2D eigenvalue weighted by molar-refractivity contribution is 6.30. The molecule has 0 bridgehead atoms. The average Bonchev–Trinajstić information content (AvgIpc) is 3.43. The standard InChI is InChI=1S/C24H28ClN3O3/c1-29-15-17-3-8-24(30-2)19(11-17)14-28-10-9-18(13-28)23-12-21(26-27-23)16-31-22-6-4-20(25)5-7-22/h3-8,11-12,18H,9-10,13-16H2,1-2H3,(H,26,27)/t18-/m1/s1. The SMILES string of the molecule is COCc1ccc(OC)c(CN2CC[C@@H](c3cc(COc4ccc(Cl)cc4)[nH]n3)C2)c1. The van der Waals surface area contributed by atoms with Crippen LogP contribution < -0.4 is 9.47 Å². The number of aromatic nitrogens is 2. The third-order valence-corrected chi connectivity index (χ3v) is 5.85. The number of likely N-dealkylation sites (tertiary alicyclic amines) is 1. The third kappa shape index (κ3) is 5.58. The normalized spacial score (nSPS) is 16.5. The topological polar surface area (TPSA) is 59.6 Å². The molecule has 164 valence electrons. The molecular formula is C24H28ClN3O3. The van der Waals surface area contributed by atoms with E-state index in [-0.39, 0.29) is 0 Å². The molecule has 1 saturated heterocycles. The van der Waals surface area contributed by atoms with Crippen molar-refractivity contribution in [3.63, 3.8) is 0 Å². The number of hydrogen-bond donors (Lipinski definition) is 1. The van der Waals surface area contributed by atoms with E-state index in [1.54, 1.807) is 14.2 Å². The van der Waals surface area contributed by atoms with E-state index < -0.39 is 0 Å². The summed E-state index contributed by atoms with van der Waals surface area (Å²) in [6.45, 7) is 3.92. The summed E-state index contributed by atoms with van der Waals surface area (Å²) in [5.41, 5.74) is 4.41. The summed E-state index contributed by atoms with van der Waals surface area (Å²) >= 11 is 5.92. The van der Waals surface area contributed by atoms with Crippen molar-refractivity contribution in [3.05, 3.63) is 76.1 Å². The van der Waals surface area contributed by atoms with Crippen LogP contribution in [0.4, 0.5) is 0 Å². The van der Waals surface area contributed by atoms with Gasteiger partial charge in [-0.1, -0.05) is 17.7 Å². The highest BCUT2D eigenvalue weighted by atomic mass is 35.5. The first-order chi connectivity index (χ1) is 15.1. The number of ether oxygens (including phenoxy) is 3. The maximum absolute atomic E-state index is 5.92. The Morgan fingerprint density at radius 3 is 2.71 bits per heavy atom. The van der Waals surface area contributed by atoms with Crippen LogP contribution >= 0.6 is 11.6 Å². The molecule has 2 heterocycles. The van der Waals surface area contributed by atoms with Gasteiger partial charge in [0, 0.05) is 36.7 Å². The van der Waals surface area contributed by atoms with Gasteiger partial charge >= 0.3 is 0 Å². The molecule has 0 spiro atoms. The lowest BCUT2D eigenvalue weighted by atomic mass is 10.1. The van der Waals surface area contributed by atoms with Crippen molar-refractivity contribution >= 4 is 11.6 Å². The number of nitrogens with one attached hydrogen (secondary N) is 1. The first-order valence-electron chi connectivity index (χ1n) is 10.4. The van der Waals surface area contributed by atoms with Crippen LogP contribution in [0.15, 0.2) is 48.5 Å². The van der Waals surface area contributed by atoms with E-state index in [0.29, 0.717) is 24.2 Å². The highest BCUT2D eigenvalue weighted by Crippen LogP contribution is 2.30. The van der Waals surface area contributed by atoms with E-state index >= 15 is 0 Å². The molecule has 6 nitrogen and oxygen atoms in total. The van der Waals surface area contributed by atoms with Crippen molar-refractivity contribution in [3.8, 4) is 11.5 Å². The minimum absolute atomic E-state index is 0.411. The second-order valence-electron chi connectivity index (χ2n) is 7.86. The van der Waals surface area contributed by atoms with Crippen molar-refractivity contribution in [1.29, 1.82) is 0 Å². The van der Waals surface area contributed by atoms with Gasteiger partial charge in [-0.05, 0) is 61.0 Å². The third-order valence-electron chi connectivity index (χ3n) is 5.60. The van der Waals surface area contributed by atoms with Crippen LogP contribution in [0.25, 0.3) is 0 Å². The predicted octanol–water partition coefficient (Wildman–Crippen LogP) is 4.79. The zero-order valence-electron chi connectivity index (χ0n) is 17.9. The molecule has 0 aliphatic carbocycles. The molecule has 1 aromatic heterocycles. The summed E-state index contributed by atoms with van der Waals surface area (Å²) in [4.78, 5) is 2.46. The van der Waals surface area contributed by atoms with Crippen LogP contribution in [0.1, 0.15) is 34.9 Å². The molecule has 1 aliphatic heterocycles. The van der Waals surface area contributed by atoms with Gasteiger partial charge in [-0.25, -0.2) is 0 Å². The first-order valence-corrected chi connectivity index (χ1v) is 10.8. The summed E-state index contributed by atoms with van der Waals surface area (Å²) in [7, 11) is 3.44. The molecule has 1 atom stereocenters. The summed E-state index contributed by atoms with van der Waals surface area (Å²) in [5.74, 6) is 2.12. The van der Waals surface area contributed by atoms with Gasteiger partial charge in [0.05, 0.1) is 25.1 Å². The number of rotatable bonds is 9. The monoisotopic (exact) mass is 441 g/mol. The Morgan fingerprint density at radius 1 is 1.10 bits per heavy atom. The van der Waals surface area contributed by atoms with Crippen LogP contribution in [0.5, 0.6) is 11.5 Å². The smallest absolute Gasteiger partial charge is 0.130 e. The zero-order chi connectivity index (χ0) is 21.6. The van der Waals surface area contributed by atoms with E-state index in [1.807, 2.05) is 30.3 Å². The molecule has 31 heavy (non-hydrogen) atoms. The highest BCUT2D eigenvalue weighted by Gasteiger charge is 2.26. The summed E-state index contributed by atoms with van der Waals surface area (Å²) in [6.07, 6.45) is 1.09. The van der Waals surface area contributed by atoms with Gasteiger partial charge in [0.2, 0.25) is 0 Å². The van der Waals surface area contributed by atoms with E-state index in [1.165, 1.54) is 5.56 Å². The maximum atomic E-state index is 5.92. The molecule has 1 fully saturated rings. The van der Waals surface area contributed by atoms with Crippen LogP contribution in [0.2, 0.25) is 5.02 Å². The van der Waals surface area contributed by atoms with Crippen molar-refractivity contribution < 1.29 is 14.2 Å². The molecule has 0 amide bonds. The second kappa shape index (κ2) is 10.2. The molecule has 7 heteroatoms.